The van der Waals surface area contributed by atoms with Crippen LogP contribution in [0.4, 0.5) is 0 Å². The van der Waals surface area contributed by atoms with Crippen LogP contribution in [0.2, 0.25) is 0 Å². The van der Waals surface area contributed by atoms with Crippen LogP contribution in [0, 0.1) is 0 Å². The van der Waals surface area contributed by atoms with Crippen molar-refractivity contribution in [3.05, 3.63) is 35.9 Å². The van der Waals surface area contributed by atoms with Crippen LogP contribution in [0.1, 0.15) is 44.2 Å². The van der Waals surface area contributed by atoms with Gasteiger partial charge >= 0.3 is 0 Å². The molecule has 1 aromatic carbocycles. The van der Waals surface area contributed by atoms with E-state index >= 15 is 0 Å². The Balaban J connectivity index is 1.70. The second-order valence-corrected chi connectivity index (χ2v) is 7.42. The second-order valence-electron chi connectivity index (χ2n) is 5.73. The van der Waals surface area contributed by atoms with Crippen LogP contribution >= 0.6 is 11.8 Å². The molecule has 0 bridgehead atoms. The summed E-state index contributed by atoms with van der Waals surface area (Å²) < 4.78 is 0.233. The highest BCUT2D eigenvalue weighted by Gasteiger charge is 2.29. The summed E-state index contributed by atoms with van der Waals surface area (Å²) in [6.07, 6.45) is 3.65. The molecule has 1 saturated heterocycles. The number of rotatable bonds is 6. The Labute approximate surface area is 125 Å². The molecule has 110 valence electrons. The van der Waals surface area contributed by atoms with Gasteiger partial charge in [-0.15, -0.1) is 0 Å². The van der Waals surface area contributed by atoms with Crippen molar-refractivity contribution < 1.29 is 4.79 Å². The maximum Gasteiger partial charge on any atom is 0.220 e. The SMILES string of the molecule is CC1(CNC(=O)CCC(N)c2ccccc2)CCCS1. The van der Waals surface area contributed by atoms with Crippen molar-refractivity contribution in [3.63, 3.8) is 0 Å². The molecule has 0 aliphatic carbocycles. The van der Waals surface area contributed by atoms with E-state index in [1.807, 2.05) is 42.1 Å². The summed E-state index contributed by atoms with van der Waals surface area (Å²) in [5.41, 5.74) is 7.20. The monoisotopic (exact) mass is 292 g/mol. The zero-order valence-electron chi connectivity index (χ0n) is 12.1. The molecule has 20 heavy (non-hydrogen) atoms. The molecule has 1 aliphatic rings. The summed E-state index contributed by atoms with van der Waals surface area (Å²) in [4.78, 5) is 11.9. The molecule has 0 radical (unpaired) electrons. The fourth-order valence-corrected chi connectivity index (χ4v) is 3.75. The van der Waals surface area contributed by atoms with Gasteiger partial charge in [-0.05, 0) is 37.5 Å². The Hall–Kier alpha value is -1.00. The van der Waals surface area contributed by atoms with Gasteiger partial charge in [0.15, 0.2) is 0 Å². The Morgan fingerprint density at radius 2 is 2.20 bits per heavy atom. The Kier molecular flexibility index (Phi) is 5.49. The third-order valence-electron chi connectivity index (χ3n) is 3.87. The molecular formula is C16H24N2OS. The number of nitrogens with one attached hydrogen (secondary N) is 1. The van der Waals surface area contributed by atoms with Gasteiger partial charge < -0.3 is 11.1 Å². The third-order valence-corrected chi connectivity index (χ3v) is 5.41. The molecule has 1 fully saturated rings. The largest absolute Gasteiger partial charge is 0.355 e. The van der Waals surface area contributed by atoms with Crippen molar-refractivity contribution in [2.24, 2.45) is 5.73 Å². The minimum absolute atomic E-state index is 0.0570. The molecule has 2 atom stereocenters. The van der Waals surface area contributed by atoms with Gasteiger partial charge in [0.1, 0.15) is 0 Å². The number of thioether (sulfide) groups is 1. The number of benzene rings is 1. The van der Waals surface area contributed by atoms with Gasteiger partial charge in [0.25, 0.3) is 0 Å². The van der Waals surface area contributed by atoms with Crippen LogP contribution in [-0.2, 0) is 4.79 Å². The molecular weight excluding hydrogens is 268 g/mol. The maximum absolute atomic E-state index is 11.9. The van der Waals surface area contributed by atoms with Crippen molar-refractivity contribution in [3.8, 4) is 0 Å². The number of hydrogen-bond acceptors (Lipinski definition) is 3. The first-order valence-electron chi connectivity index (χ1n) is 7.30. The Morgan fingerprint density at radius 3 is 2.85 bits per heavy atom. The molecule has 2 rings (SSSR count). The quantitative estimate of drug-likeness (QED) is 0.847. The van der Waals surface area contributed by atoms with E-state index in [0.29, 0.717) is 12.8 Å². The van der Waals surface area contributed by atoms with Crippen molar-refractivity contribution in [1.82, 2.24) is 5.32 Å². The van der Waals surface area contributed by atoms with Gasteiger partial charge in [0.05, 0.1) is 0 Å². The standard InChI is InChI=1S/C16H24N2OS/c1-16(10-5-11-20-16)12-18-15(19)9-8-14(17)13-6-3-2-4-7-13/h2-4,6-7,14H,5,8-12,17H2,1H3,(H,18,19). The summed E-state index contributed by atoms with van der Waals surface area (Å²) >= 11 is 1.97. The van der Waals surface area contributed by atoms with E-state index in [-0.39, 0.29) is 16.7 Å². The lowest BCUT2D eigenvalue weighted by Gasteiger charge is -2.23. The number of carbonyl (C=O) groups excluding carboxylic acids is 1. The molecule has 3 nitrogen and oxygen atoms in total. The minimum atomic E-state index is -0.0570. The summed E-state index contributed by atoms with van der Waals surface area (Å²) in [5.74, 6) is 1.33. The Bertz CT molecular complexity index is 429. The molecule has 1 aromatic rings. The van der Waals surface area contributed by atoms with E-state index in [4.69, 9.17) is 5.73 Å². The zero-order chi connectivity index (χ0) is 14.4. The van der Waals surface area contributed by atoms with E-state index in [2.05, 4.69) is 12.2 Å². The lowest BCUT2D eigenvalue weighted by molar-refractivity contribution is -0.121. The van der Waals surface area contributed by atoms with Gasteiger partial charge in [0, 0.05) is 23.8 Å². The van der Waals surface area contributed by atoms with Crippen LogP contribution in [0.25, 0.3) is 0 Å². The van der Waals surface area contributed by atoms with Crippen LogP contribution in [0.3, 0.4) is 0 Å². The summed E-state index contributed by atoms with van der Waals surface area (Å²) in [7, 11) is 0. The molecule has 3 N–H and O–H groups in total. The predicted octanol–water partition coefficient (Wildman–Crippen LogP) is 2.87. The first-order valence-corrected chi connectivity index (χ1v) is 8.29. The highest BCUT2D eigenvalue weighted by Crippen LogP contribution is 2.36. The fourth-order valence-electron chi connectivity index (χ4n) is 2.50. The fraction of sp³-hybridized carbons (Fsp3) is 0.562. The van der Waals surface area contributed by atoms with Gasteiger partial charge in [-0.2, -0.15) is 11.8 Å². The third kappa shape index (κ3) is 4.53. The highest BCUT2D eigenvalue weighted by molar-refractivity contribution is 8.00. The Morgan fingerprint density at radius 1 is 1.45 bits per heavy atom. The molecule has 0 spiro atoms. The highest BCUT2D eigenvalue weighted by atomic mass is 32.2. The zero-order valence-corrected chi connectivity index (χ0v) is 12.9. The molecule has 1 amide bonds. The summed E-state index contributed by atoms with van der Waals surface area (Å²) in [6.45, 7) is 3.01. The van der Waals surface area contributed by atoms with Gasteiger partial charge in [0.2, 0.25) is 5.91 Å². The number of carbonyl (C=O) groups is 1. The molecule has 1 aliphatic heterocycles. The van der Waals surface area contributed by atoms with E-state index in [9.17, 15) is 4.79 Å². The number of hydrogen-bond donors (Lipinski definition) is 2. The summed E-state index contributed by atoms with van der Waals surface area (Å²) in [5, 5.41) is 3.06. The maximum atomic E-state index is 11.9. The van der Waals surface area contributed by atoms with E-state index in [1.165, 1.54) is 18.6 Å². The van der Waals surface area contributed by atoms with E-state index in [0.717, 1.165) is 12.1 Å². The number of nitrogens with two attached hydrogens (primary N) is 1. The van der Waals surface area contributed by atoms with Gasteiger partial charge in [-0.3, -0.25) is 4.79 Å². The lowest BCUT2D eigenvalue weighted by atomic mass is 10.0. The first-order chi connectivity index (χ1) is 9.59. The van der Waals surface area contributed by atoms with Crippen molar-refractivity contribution in [1.29, 1.82) is 0 Å². The normalized spacial score (nSPS) is 23.5. The average molecular weight is 292 g/mol. The average Bonchev–Trinajstić information content (AvgIpc) is 2.91. The van der Waals surface area contributed by atoms with Crippen LogP contribution in [0.5, 0.6) is 0 Å². The van der Waals surface area contributed by atoms with E-state index < -0.39 is 0 Å². The smallest absolute Gasteiger partial charge is 0.220 e. The summed E-state index contributed by atoms with van der Waals surface area (Å²) in [6, 6.07) is 9.90. The van der Waals surface area contributed by atoms with Crippen LogP contribution in [0.15, 0.2) is 30.3 Å². The molecule has 0 saturated carbocycles. The number of amides is 1. The predicted molar refractivity (Wildman–Crippen MR) is 85.7 cm³/mol. The van der Waals surface area contributed by atoms with Crippen molar-refractivity contribution >= 4 is 17.7 Å². The molecule has 0 aromatic heterocycles. The lowest BCUT2D eigenvalue weighted by Crippen LogP contribution is -2.36. The van der Waals surface area contributed by atoms with Gasteiger partial charge in [-0.1, -0.05) is 30.3 Å². The van der Waals surface area contributed by atoms with Gasteiger partial charge in [-0.25, -0.2) is 0 Å². The van der Waals surface area contributed by atoms with E-state index in [1.54, 1.807) is 0 Å². The van der Waals surface area contributed by atoms with Crippen LogP contribution in [-0.4, -0.2) is 23.0 Å². The van der Waals surface area contributed by atoms with Crippen molar-refractivity contribution in [2.75, 3.05) is 12.3 Å². The molecule has 2 unspecified atom stereocenters. The molecule has 1 heterocycles. The topological polar surface area (TPSA) is 55.1 Å². The first kappa shape index (κ1) is 15.4. The second kappa shape index (κ2) is 7.14. The minimum Gasteiger partial charge on any atom is -0.355 e. The molecule has 4 heteroatoms. The van der Waals surface area contributed by atoms with Crippen molar-refractivity contribution in [2.45, 2.75) is 43.4 Å². The van der Waals surface area contributed by atoms with Crippen LogP contribution < -0.4 is 11.1 Å².